The van der Waals surface area contributed by atoms with Crippen LogP contribution in [0.15, 0.2) is 24.3 Å². The Hall–Kier alpha value is -1.02. The van der Waals surface area contributed by atoms with Crippen molar-refractivity contribution >= 4 is 23.2 Å². The van der Waals surface area contributed by atoms with Gasteiger partial charge in [-0.1, -0.05) is 19.1 Å². The number of carbonyl (C=O) groups is 1. The SMILES string of the molecule is CCC(Cl)c1cccc(NC(C)=O)c1. The Kier molecular flexibility index (Phi) is 3.96. The van der Waals surface area contributed by atoms with E-state index < -0.39 is 0 Å². The molecule has 0 aliphatic rings. The number of hydrogen-bond donors (Lipinski definition) is 1. The van der Waals surface area contributed by atoms with Crippen LogP contribution >= 0.6 is 11.6 Å². The molecule has 0 heterocycles. The van der Waals surface area contributed by atoms with Gasteiger partial charge in [-0.15, -0.1) is 11.6 Å². The van der Waals surface area contributed by atoms with Crippen molar-refractivity contribution in [1.82, 2.24) is 0 Å². The van der Waals surface area contributed by atoms with E-state index in [0.29, 0.717) is 0 Å². The van der Waals surface area contributed by atoms with E-state index in [1.807, 2.05) is 31.2 Å². The first kappa shape index (κ1) is 11.1. The van der Waals surface area contributed by atoms with Crippen molar-refractivity contribution in [2.24, 2.45) is 0 Å². The molecular formula is C11H14ClNO. The maximum absolute atomic E-state index is 10.8. The number of benzene rings is 1. The van der Waals surface area contributed by atoms with E-state index in [4.69, 9.17) is 11.6 Å². The van der Waals surface area contributed by atoms with Crippen LogP contribution in [-0.4, -0.2) is 5.91 Å². The highest BCUT2D eigenvalue weighted by molar-refractivity contribution is 6.20. The first-order valence-corrected chi connectivity index (χ1v) is 5.08. The van der Waals surface area contributed by atoms with Crippen molar-refractivity contribution in [3.05, 3.63) is 29.8 Å². The molecule has 1 N–H and O–H groups in total. The Morgan fingerprint density at radius 3 is 2.86 bits per heavy atom. The van der Waals surface area contributed by atoms with Crippen LogP contribution in [0.5, 0.6) is 0 Å². The molecule has 1 amide bonds. The zero-order valence-corrected chi connectivity index (χ0v) is 9.14. The number of amides is 1. The molecule has 0 saturated heterocycles. The molecule has 14 heavy (non-hydrogen) atoms. The van der Waals surface area contributed by atoms with Crippen LogP contribution in [0.3, 0.4) is 0 Å². The fourth-order valence-electron chi connectivity index (χ4n) is 1.25. The van der Waals surface area contributed by atoms with Crippen LogP contribution in [0.1, 0.15) is 31.2 Å². The van der Waals surface area contributed by atoms with Gasteiger partial charge in [-0.05, 0) is 24.1 Å². The van der Waals surface area contributed by atoms with Crippen LogP contribution in [0.2, 0.25) is 0 Å². The summed E-state index contributed by atoms with van der Waals surface area (Å²) in [5, 5.41) is 2.74. The van der Waals surface area contributed by atoms with Crippen molar-refractivity contribution < 1.29 is 4.79 Å². The Morgan fingerprint density at radius 1 is 1.57 bits per heavy atom. The van der Waals surface area contributed by atoms with Crippen molar-refractivity contribution in [2.45, 2.75) is 25.6 Å². The number of halogens is 1. The summed E-state index contributed by atoms with van der Waals surface area (Å²) in [4.78, 5) is 10.8. The third-order valence-electron chi connectivity index (χ3n) is 1.93. The summed E-state index contributed by atoms with van der Waals surface area (Å²) in [6, 6.07) is 7.62. The van der Waals surface area contributed by atoms with Crippen LogP contribution < -0.4 is 5.32 Å². The van der Waals surface area contributed by atoms with Crippen LogP contribution in [0.4, 0.5) is 5.69 Å². The number of alkyl halides is 1. The minimum Gasteiger partial charge on any atom is -0.326 e. The predicted octanol–water partition coefficient (Wildman–Crippen LogP) is 3.33. The molecular weight excluding hydrogens is 198 g/mol. The first-order valence-electron chi connectivity index (χ1n) is 4.65. The van der Waals surface area contributed by atoms with Gasteiger partial charge in [0.25, 0.3) is 0 Å². The molecule has 76 valence electrons. The van der Waals surface area contributed by atoms with Gasteiger partial charge in [0.15, 0.2) is 0 Å². The highest BCUT2D eigenvalue weighted by Crippen LogP contribution is 2.25. The fraction of sp³-hybridized carbons (Fsp3) is 0.364. The quantitative estimate of drug-likeness (QED) is 0.764. The number of nitrogens with one attached hydrogen (secondary N) is 1. The average molecular weight is 212 g/mol. The van der Waals surface area contributed by atoms with Crippen molar-refractivity contribution in [3.8, 4) is 0 Å². The summed E-state index contributed by atoms with van der Waals surface area (Å²) in [5.41, 5.74) is 1.84. The van der Waals surface area contributed by atoms with E-state index in [2.05, 4.69) is 5.32 Å². The monoisotopic (exact) mass is 211 g/mol. The summed E-state index contributed by atoms with van der Waals surface area (Å²) in [7, 11) is 0. The second-order valence-electron chi connectivity index (χ2n) is 3.18. The topological polar surface area (TPSA) is 29.1 Å². The molecule has 0 saturated carbocycles. The van der Waals surface area contributed by atoms with E-state index in [-0.39, 0.29) is 11.3 Å². The fourth-order valence-corrected chi connectivity index (χ4v) is 1.39. The summed E-state index contributed by atoms with van der Waals surface area (Å²) < 4.78 is 0. The Morgan fingerprint density at radius 2 is 2.29 bits per heavy atom. The van der Waals surface area contributed by atoms with Gasteiger partial charge in [0.2, 0.25) is 5.91 Å². The van der Waals surface area contributed by atoms with Gasteiger partial charge in [0.05, 0.1) is 5.38 Å². The lowest BCUT2D eigenvalue weighted by Crippen LogP contribution is -2.05. The molecule has 1 atom stereocenters. The molecule has 0 fully saturated rings. The number of carbonyl (C=O) groups excluding carboxylic acids is 1. The molecule has 1 rings (SSSR count). The number of hydrogen-bond acceptors (Lipinski definition) is 1. The van der Waals surface area contributed by atoms with Gasteiger partial charge in [-0.25, -0.2) is 0 Å². The van der Waals surface area contributed by atoms with Crippen LogP contribution in [-0.2, 0) is 4.79 Å². The first-order chi connectivity index (χ1) is 6.63. The van der Waals surface area contributed by atoms with E-state index >= 15 is 0 Å². The Balaban J connectivity index is 2.83. The van der Waals surface area contributed by atoms with Crippen molar-refractivity contribution in [1.29, 1.82) is 0 Å². The van der Waals surface area contributed by atoms with E-state index in [1.54, 1.807) is 0 Å². The van der Waals surface area contributed by atoms with Gasteiger partial charge in [0, 0.05) is 12.6 Å². The number of rotatable bonds is 3. The normalized spacial score (nSPS) is 12.2. The minimum absolute atomic E-state index is 0.0173. The largest absolute Gasteiger partial charge is 0.326 e. The predicted molar refractivity (Wildman–Crippen MR) is 59.6 cm³/mol. The molecule has 0 bridgehead atoms. The standard InChI is InChI=1S/C11H14ClNO/c1-3-11(12)9-5-4-6-10(7-9)13-8(2)14/h4-7,11H,3H2,1-2H3,(H,13,14). The number of anilines is 1. The Labute approximate surface area is 89.3 Å². The van der Waals surface area contributed by atoms with Crippen LogP contribution in [0.25, 0.3) is 0 Å². The van der Waals surface area contributed by atoms with Crippen molar-refractivity contribution in [3.63, 3.8) is 0 Å². The molecule has 0 spiro atoms. The second kappa shape index (κ2) is 5.01. The third-order valence-corrected chi connectivity index (χ3v) is 2.49. The van der Waals surface area contributed by atoms with E-state index in [1.165, 1.54) is 6.92 Å². The summed E-state index contributed by atoms with van der Waals surface area (Å²) in [5.74, 6) is -0.0650. The zero-order chi connectivity index (χ0) is 10.6. The molecule has 1 aromatic carbocycles. The molecule has 3 heteroatoms. The molecule has 0 aliphatic carbocycles. The van der Waals surface area contributed by atoms with Crippen molar-refractivity contribution in [2.75, 3.05) is 5.32 Å². The summed E-state index contributed by atoms with van der Waals surface area (Å²) in [6.07, 6.45) is 0.880. The summed E-state index contributed by atoms with van der Waals surface area (Å²) >= 11 is 6.09. The smallest absolute Gasteiger partial charge is 0.221 e. The maximum atomic E-state index is 10.8. The molecule has 0 radical (unpaired) electrons. The molecule has 0 aromatic heterocycles. The molecule has 1 aromatic rings. The Bertz CT molecular complexity index is 325. The lowest BCUT2D eigenvalue weighted by Gasteiger charge is -2.09. The third kappa shape index (κ3) is 3.04. The van der Waals surface area contributed by atoms with Gasteiger partial charge in [-0.2, -0.15) is 0 Å². The van der Waals surface area contributed by atoms with Gasteiger partial charge in [0.1, 0.15) is 0 Å². The van der Waals surface area contributed by atoms with E-state index in [9.17, 15) is 4.79 Å². The minimum atomic E-state index is -0.0650. The van der Waals surface area contributed by atoms with Gasteiger partial charge >= 0.3 is 0 Å². The van der Waals surface area contributed by atoms with Gasteiger partial charge in [-0.3, -0.25) is 4.79 Å². The second-order valence-corrected chi connectivity index (χ2v) is 3.71. The average Bonchev–Trinajstić information content (AvgIpc) is 2.16. The van der Waals surface area contributed by atoms with E-state index in [0.717, 1.165) is 17.7 Å². The van der Waals surface area contributed by atoms with Gasteiger partial charge < -0.3 is 5.32 Å². The summed E-state index contributed by atoms with van der Waals surface area (Å²) in [6.45, 7) is 3.52. The highest BCUT2D eigenvalue weighted by Gasteiger charge is 2.05. The molecule has 1 unspecified atom stereocenters. The zero-order valence-electron chi connectivity index (χ0n) is 8.38. The highest BCUT2D eigenvalue weighted by atomic mass is 35.5. The lowest BCUT2D eigenvalue weighted by atomic mass is 10.1. The van der Waals surface area contributed by atoms with Crippen LogP contribution in [0, 0.1) is 0 Å². The lowest BCUT2D eigenvalue weighted by molar-refractivity contribution is -0.114. The molecule has 2 nitrogen and oxygen atoms in total. The maximum Gasteiger partial charge on any atom is 0.221 e. The molecule has 0 aliphatic heterocycles.